The maximum Gasteiger partial charge on any atom is 0.165 e. The smallest absolute Gasteiger partial charge is 0.165 e. The molecule has 3 rings (SSSR count). The highest BCUT2D eigenvalue weighted by Gasteiger charge is 2.22. The average Bonchev–Trinajstić information content (AvgIpc) is 2.90. The van der Waals surface area contributed by atoms with Crippen molar-refractivity contribution in [1.82, 2.24) is 5.32 Å². The lowest BCUT2D eigenvalue weighted by molar-refractivity contribution is 0.295. The van der Waals surface area contributed by atoms with E-state index < -0.39 is 0 Å². The van der Waals surface area contributed by atoms with Crippen LogP contribution >= 0.6 is 0 Å². The van der Waals surface area contributed by atoms with Gasteiger partial charge < -0.3 is 14.8 Å². The molecule has 0 aromatic heterocycles. The van der Waals surface area contributed by atoms with E-state index in [0.717, 1.165) is 43.6 Å². The minimum atomic E-state index is 0.583. The van der Waals surface area contributed by atoms with E-state index in [1.165, 1.54) is 31.2 Å². The highest BCUT2D eigenvalue weighted by atomic mass is 16.5. The highest BCUT2D eigenvalue weighted by molar-refractivity contribution is 5.47. The Morgan fingerprint density at radius 1 is 1.15 bits per heavy atom. The van der Waals surface area contributed by atoms with Crippen molar-refractivity contribution >= 4 is 0 Å². The molecule has 0 radical (unpaired) electrons. The zero-order chi connectivity index (χ0) is 13.8. The van der Waals surface area contributed by atoms with Crippen molar-refractivity contribution in [2.45, 2.75) is 51.6 Å². The van der Waals surface area contributed by atoms with E-state index in [1.54, 1.807) is 0 Å². The van der Waals surface area contributed by atoms with Gasteiger partial charge in [0.05, 0.1) is 13.2 Å². The minimum Gasteiger partial charge on any atom is -0.490 e. The van der Waals surface area contributed by atoms with Crippen LogP contribution in [0.3, 0.4) is 0 Å². The molecule has 0 saturated heterocycles. The van der Waals surface area contributed by atoms with Crippen molar-refractivity contribution in [1.29, 1.82) is 0 Å². The fraction of sp³-hybridized carbons (Fsp3) is 0.647. The van der Waals surface area contributed by atoms with E-state index in [-0.39, 0.29) is 0 Å². The number of hydrogen-bond donors (Lipinski definition) is 1. The molecule has 1 unspecified atom stereocenters. The lowest BCUT2D eigenvalue weighted by atomic mass is 9.99. The maximum atomic E-state index is 5.87. The second-order valence-electron chi connectivity index (χ2n) is 6.01. The highest BCUT2D eigenvalue weighted by Crippen LogP contribution is 2.33. The van der Waals surface area contributed by atoms with Crippen LogP contribution in [0.2, 0.25) is 0 Å². The molecule has 1 fully saturated rings. The molecule has 0 bridgehead atoms. The summed E-state index contributed by atoms with van der Waals surface area (Å²) in [5, 5.41) is 3.68. The maximum absolute atomic E-state index is 5.87. The molecular weight excluding hydrogens is 250 g/mol. The van der Waals surface area contributed by atoms with E-state index in [2.05, 4.69) is 24.4 Å². The Kier molecular flexibility index (Phi) is 4.46. The number of para-hydroxylation sites is 1. The van der Waals surface area contributed by atoms with Gasteiger partial charge in [-0.3, -0.25) is 0 Å². The SMILES string of the molecule is CC(NCc1cccc2c1OCCCO2)C1CCCC1. The number of hydrogen-bond acceptors (Lipinski definition) is 3. The largest absolute Gasteiger partial charge is 0.490 e. The summed E-state index contributed by atoms with van der Waals surface area (Å²) in [6, 6.07) is 6.79. The minimum absolute atomic E-state index is 0.583. The van der Waals surface area contributed by atoms with Gasteiger partial charge in [-0.05, 0) is 31.7 Å². The van der Waals surface area contributed by atoms with Crippen LogP contribution in [0.5, 0.6) is 11.5 Å². The molecule has 2 aliphatic rings. The Morgan fingerprint density at radius 3 is 2.80 bits per heavy atom. The molecule has 110 valence electrons. The molecule has 1 aliphatic carbocycles. The quantitative estimate of drug-likeness (QED) is 0.912. The first kappa shape index (κ1) is 13.7. The van der Waals surface area contributed by atoms with Crippen LogP contribution in [0.4, 0.5) is 0 Å². The number of nitrogens with one attached hydrogen (secondary N) is 1. The summed E-state index contributed by atoms with van der Waals surface area (Å²) in [6.07, 6.45) is 6.50. The third-order valence-corrected chi connectivity index (χ3v) is 4.57. The van der Waals surface area contributed by atoms with Gasteiger partial charge in [-0.15, -0.1) is 0 Å². The van der Waals surface area contributed by atoms with Crippen LogP contribution in [0.1, 0.15) is 44.6 Å². The van der Waals surface area contributed by atoms with E-state index in [9.17, 15) is 0 Å². The van der Waals surface area contributed by atoms with E-state index in [1.807, 2.05) is 6.07 Å². The van der Waals surface area contributed by atoms with Gasteiger partial charge in [-0.25, -0.2) is 0 Å². The first-order valence-electron chi connectivity index (χ1n) is 7.95. The van der Waals surface area contributed by atoms with E-state index in [0.29, 0.717) is 6.04 Å². The number of ether oxygens (including phenoxy) is 2. The fourth-order valence-electron chi connectivity index (χ4n) is 3.29. The van der Waals surface area contributed by atoms with E-state index in [4.69, 9.17) is 9.47 Å². The Labute approximate surface area is 121 Å². The van der Waals surface area contributed by atoms with Crippen LogP contribution in [0, 0.1) is 5.92 Å². The lowest BCUT2D eigenvalue weighted by Gasteiger charge is -2.21. The van der Waals surface area contributed by atoms with Gasteiger partial charge in [0.1, 0.15) is 0 Å². The normalized spacial score (nSPS) is 20.6. The fourth-order valence-corrected chi connectivity index (χ4v) is 3.29. The van der Waals surface area contributed by atoms with Gasteiger partial charge in [0.15, 0.2) is 11.5 Å². The first-order chi connectivity index (χ1) is 9.84. The molecule has 0 amide bonds. The van der Waals surface area contributed by atoms with Gasteiger partial charge in [0, 0.05) is 24.6 Å². The standard InChI is InChI=1S/C17H25NO2/c1-13(14-6-2-3-7-14)18-12-15-8-4-9-16-17(15)20-11-5-10-19-16/h4,8-9,13-14,18H,2-3,5-7,10-12H2,1H3. The molecule has 1 aliphatic heterocycles. The molecule has 3 heteroatoms. The van der Waals surface area contributed by atoms with Crippen LogP contribution < -0.4 is 14.8 Å². The third kappa shape index (κ3) is 3.09. The van der Waals surface area contributed by atoms with Crippen LogP contribution in [0.15, 0.2) is 18.2 Å². The summed E-state index contributed by atoms with van der Waals surface area (Å²) in [4.78, 5) is 0. The van der Waals surface area contributed by atoms with Crippen LogP contribution in [-0.4, -0.2) is 19.3 Å². The Hall–Kier alpha value is -1.22. The molecule has 1 atom stereocenters. The summed E-state index contributed by atoms with van der Waals surface area (Å²) < 4.78 is 11.6. The van der Waals surface area contributed by atoms with Crippen molar-refractivity contribution in [3.63, 3.8) is 0 Å². The van der Waals surface area contributed by atoms with Crippen molar-refractivity contribution < 1.29 is 9.47 Å². The van der Waals surface area contributed by atoms with Crippen molar-refractivity contribution in [2.24, 2.45) is 5.92 Å². The topological polar surface area (TPSA) is 30.5 Å². The molecule has 3 nitrogen and oxygen atoms in total. The van der Waals surface area contributed by atoms with Crippen molar-refractivity contribution in [3.8, 4) is 11.5 Å². The van der Waals surface area contributed by atoms with Gasteiger partial charge in [0.25, 0.3) is 0 Å². The van der Waals surface area contributed by atoms with Crippen LogP contribution in [0.25, 0.3) is 0 Å². The molecule has 1 aromatic rings. The van der Waals surface area contributed by atoms with Crippen LogP contribution in [-0.2, 0) is 6.54 Å². The summed E-state index contributed by atoms with van der Waals surface area (Å²) in [7, 11) is 0. The second kappa shape index (κ2) is 6.49. The monoisotopic (exact) mass is 275 g/mol. The molecule has 1 aromatic carbocycles. The molecule has 0 spiro atoms. The number of benzene rings is 1. The molecule has 1 heterocycles. The average molecular weight is 275 g/mol. The molecule has 1 saturated carbocycles. The van der Waals surface area contributed by atoms with Crippen molar-refractivity contribution in [3.05, 3.63) is 23.8 Å². The van der Waals surface area contributed by atoms with Gasteiger partial charge in [-0.1, -0.05) is 25.0 Å². The zero-order valence-electron chi connectivity index (χ0n) is 12.4. The van der Waals surface area contributed by atoms with Gasteiger partial charge in [0.2, 0.25) is 0 Å². The van der Waals surface area contributed by atoms with Gasteiger partial charge in [-0.2, -0.15) is 0 Å². The third-order valence-electron chi connectivity index (χ3n) is 4.57. The molecule has 1 N–H and O–H groups in total. The summed E-state index contributed by atoms with van der Waals surface area (Å²) in [5.74, 6) is 2.68. The van der Waals surface area contributed by atoms with E-state index >= 15 is 0 Å². The molecular formula is C17H25NO2. The summed E-state index contributed by atoms with van der Waals surface area (Å²) >= 11 is 0. The number of fused-ring (bicyclic) bond motifs is 1. The predicted octanol–water partition coefficient (Wildman–Crippen LogP) is 3.52. The number of rotatable bonds is 4. The Morgan fingerprint density at radius 2 is 1.95 bits per heavy atom. The Balaban J connectivity index is 1.65. The molecule has 20 heavy (non-hydrogen) atoms. The predicted molar refractivity (Wildman–Crippen MR) is 80.3 cm³/mol. The van der Waals surface area contributed by atoms with Crippen molar-refractivity contribution in [2.75, 3.05) is 13.2 Å². The Bertz CT molecular complexity index is 441. The lowest BCUT2D eigenvalue weighted by Crippen LogP contribution is -2.31. The van der Waals surface area contributed by atoms with Gasteiger partial charge >= 0.3 is 0 Å². The zero-order valence-corrected chi connectivity index (χ0v) is 12.4. The first-order valence-corrected chi connectivity index (χ1v) is 7.95. The second-order valence-corrected chi connectivity index (χ2v) is 6.01. The summed E-state index contributed by atoms with van der Waals surface area (Å²) in [5.41, 5.74) is 1.22. The summed E-state index contributed by atoms with van der Waals surface area (Å²) in [6.45, 7) is 4.68.